The molecular weight excluding hydrogens is 272 g/mol. The summed E-state index contributed by atoms with van der Waals surface area (Å²) in [5, 5.41) is 0. The third-order valence-corrected chi connectivity index (χ3v) is 3.37. The Morgan fingerprint density at radius 3 is 3.10 bits per heavy atom. The van der Waals surface area contributed by atoms with Crippen molar-refractivity contribution < 1.29 is 9.53 Å². The van der Waals surface area contributed by atoms with Gasteiger partial charge in [0.1, 0.15) is 0 Å². The molecule has 0 aromatic carbocycles. The van der Waals surface area contributed by atoms with E-state index < -0.39 is 0 Å². The average Bonchev–Trinajstić information content (AvgIpc) is 2.63. The van der Waals surface area contributed by atoms with E-state index in [2.05, 4.69) is 9.97 Å². The van der Waals surface area contributed by atoms with E-state index >= 15 is 0 Å². The third kappa shape index (κ3) is 4.95. The van der Waals surface area contributed by atoms with Crippen LogP contribution in [0.4, 0.5) is 0 Å². The fraction of sp³-hybridized carbons (Fsp3) is 0.643. The van der Waals surface area contributed by atoms with Crippen LogP contribution in [0.15, 0.2) is 17.2 Å². The molecule has 116 valence electrons. The second-order valence-electron chi connectivity index (χ2n) is 5.63. The van der Waals surface area contributed by atoms with E-state index in [4.69, 9.17) is 4.74 Å². The molecule has 1 amide bonds. The maximum absolute atomic E-state index is 12.2. The minimum Gasteiger partial charge on any atom is -0.379 e. The normalized spacial score (nSPS) is 19.6. The van der Waals surface area contributed by atoms with Gasteiger partial charge in [0.2, 0.25) is 5.91 Å². The topological polar surface area (TPSA) is 78.5 Å². The molecular formula is C14H22N4O3. The lowest BCUT2D eigenvalue weighted by Crippen LogP contribution is -2.41. The Morgan fingerprint density at radius 2 is 2.38 bits per heavy atom. The number of hydrogen-bond donors (Lipinski definition) is 1. The first kappa shape index (κ1) is 15.7. The summed E-state index contributed by atoms with van der Waals surface area (Å²) in [4.78, 5) is 33.8. The SMILES string of the molecule is CN(C)CC(=O)N1CCOCC(Cc2cc(=O)[nH]cn2)C1. The van der Waals surface area contributed by atoms with Gasteiger partial charge < -0.3 is 19.5 Å². The molecule has 1 aliphatic heterocycles. The second kappa shape index (κ2) is 7.33. The Kier molecular flexibility index (Phi) is 5.46. The van der Waals surface area contributed by atoms with Gasteiger partial charge in [-0.2, -0.15) is 0 Å². The van der Waals surface area contributed by atoms with Crippen LogP contribution < -0.4 is 5.56 Å². The van der Waals surface area contributed by atoms with Gasteiger partial charge in [-0.25, -0.2) is 4.98 Å². The van der Waals surface area contributed by atoms with Gasteiger partial charge in [-0.3, -0.25) is 9.59 Å². The average molecular weight is 294 g/mol. The molecule has 1 aromatic rings. The summed E-state index contributed by atoms with van der Waals surface area (Å²) >= 11 is 0. The number of rotatable bonds is 4. The number of aromatic amines is 1. The first-order chi connectivity index (χ1) is 10.0. The first-order valence-corrected chi connectivity index (χ1v) is 7.08. The number of nitrogens with zero attached hydrogens (tertiary/aromatic N) is 3. The summed E-state index contributed by atoms with van der Waals surface area (Å²) in [5.74, 6) is 0.266. The van der Waals surface area contributed by atoms with Crippen molar-refractivity contribution in [3.05, 3.63) is 28.4 Å². The highest BCUT2D eigenvalue weighted by atomic mass is 16.5. The Bertz CT molecular complexity index is 529. The van der Waals surface area contributed by atoms with Crippen LogP contribution in [0.25, 0.3) is 0 Å². The number of carbonyl (C=O) groups is 1. The molecule has 0 spiro atoms. The zero-order valence-electron chi connectivity index (χ0n) is 12.5. The summed E-state index contributed by atoms with van der Waals surface area (Å²) < 4.78 is 5.57. The van der Waals surface area contributed by atoms with Gasteiger partial charge in [-0.15, -0.1) is 0 Å². The van der Waals surface area contributed by atoms with Crippen molar-refractivity contribution in [3.8, 4) is 0 Å². The van der Waals surface area contributed by atoms with E-state index in [-0.39, 0.29) is 17.4 Å². The van der Waals surface area contributed by atoms with Crippen molar-refractivity contribution in [2.24, 2.45) is 5.92 Å². The zero-order valence-corrected chi connectivity index (χ0v) is 12.5. The number of hydrogen-bond acceptors (Lipinski definition) is 5. The predicted molar refractivity (Wildman–Crippen MR) is 78.0 cm³/mol. The van der Waals surface area contributed by atoms with E-state index in [1.54, 1.807) is 0 Å². The lowest BCUT2D eigenvalue weighted by atomic mass is 10.0. The van der Waals surface area contributed by atoms with Gasteiger partial charge in [-0.05, 0) is 20.5 Å². The molecule has 0 bridgehead atoms. The lowest BCUT2D eigenvalue weighted by molar-refractivity contribution is -0.132. The smallest absolute Gasteiger partial charge is 0.250 e. The highest BCUT2D eigenvalue weighted by Crippen LogP contribution is 2.12. The fourth-order valence-corrected chi connectivity index (χ4v) is 2.42. The Morgan fingerprint density at radius 1 is 1.57 bits per heavy atom. The molecule has 1 N–H and O–H groups in total. The van der Waals surface area contributed by atoms with Crippen molar-refractivity contribution in [2.45, 2.75) is 6.42 Å². The summed E-state index contributed by atoms with van der Waals surface area (Å²) in [7, 11) is 3.76. The Hall–Kier alpha value is -1.73. The quantitative estimate of drug-likeness (QED) is 0.798. The molecule has 1 saturated heterocycles. The van der Waals surface area contributed by atoms with Gasteiger partial charge >= 0.3 is 0 Å². The van der Waals surface area contributed by atoms with Gasteiger partial charge in [0.15, 0.2) is 0 Å². The van der Waals surface area contributed by atoms with Crippen LogP contribution in [0.3, 0.4) is 0 Å². The van der Waals surface area contributed by atoms with Gasteiger partial charge in [0.05, 0.1) is 26.1 Å². The second-order valence-corrected chi connectivity index (χ2v) is 5.63. The van der Waals surface area contributed by atoms with Crippen molar-refractivity contribution in [2.75, 3.05) is 46.9 Å². The number of H-pyrrole nitrogens is 1. The number of nitrogens with one attached hydrogen (secondary N) is 1. The molecule has 1 unspecified atom stereocenters. The first-order valence-electron chi connectivity index (χ1n) is 7.08. The van der Waals surface area contributed by atoms with Crippen LogP contribution in [0, 0.1) is 5.92 Å². The Labute approximate surface area is 123 Å². The van der Waals surface area contributed by atoms with E-state index in [0.717, 1.165) is 5.69 Å². The molecule has 2 heterocycles. The van der Waals surface area contributed by atoms with E-state index in [9.17, 15) is 9.59 Å². The summed E-state index contributed by atoms with van der Waals surface area (Å²) in [6, 6.07) is 1.50. The van der Waals surface area contributed by atoms with E-state index in [1.807, 2.05) is 23.9 Å². The molecule has 0 aliphatic carbocycles. The minimum atomic E-state index is -0.157. The molecule has 1 fully saturated rings. The van der Waals surface area contributed by atoms with Crippen molar-refractivity contribution in [1.82, 2.24) is 19.8 Å². The molecule has 2 rings (SSSR count). The van der Waals surface area contributed by atoms with Crippen LogP contribution in [-0.2, 0) is 16.0 Å². The van der Waals surface area contributed by atoms with Crippen molar-refractivity contribution in [1.29, 1.82) is 0 Å². The van der Waals surface area contributed by atoms with Crippen LogP contribution in [-0.4, -0.2) is 72.6 Å². The monoisotopic (exact) mass is 294 g/mol. The van der Waals surface area contributed by atoms with Gasteiger partial charge in [-0.1, -0.05) is 0 Å². The number of likely N-dealkylation sites (N-methyl/N-ethyl adjacent to an activating group) is 1. The molecule has 7 nitrogen and oxygen atoms in total. The summed E-state index contributed by atoms with van der Waals surface area (Å²) in [6.07, 6.45) is 2.04. The standard InChI is InChI=1S/C14H22N4O3/c1-17(2)8-14(20)18-3-4-21-9-11(7-18)5-12-6-13(19)16-10-15-12/h6,10-11H,3-5,7-9H2,1-2H3,(H,15,16,19). The Balaban J connectivity index is 1.99. The molecule has 1 aromatic heterocycles. The molecule has 1 atom stereocenters. The lowest BCUT2D eigenvalue weighted by Gasteiger charge is -2.24. The summed E-state index contributed by atoms with van der Waals surface area (Å²) in [6.45, 7) is 2.79. The molecule has 21 heavy (non-hydrogen) atoms. The van der Waals surface area contributed by atoms with E-state index in [1.165, 1.54) is 12.4 Å². The fourth-order valence-electron chi connectivity index (χ4n) is 2.42. The van der Waals surface area contributed by atoms with Gasteiger partial charge in [0.25, 0.3) is 5.56 Å². The number of ether oxygens (including phenoxy) is 1. The van der Waals surface area contributed by atoms with Gasteiger partial charge in [0, 0.05) is 30.8 Å². The highest BCUT2D eigenvalue weighted by molar-refractivity contribution is 5.78. The largest absolute Gasteiger partial charge is 0.379 e. The van der Waals surface area contributed by atoms with Crippen LogP contribution >= 0.6 is 0 Å². The highest BCUT2D eigenvalue weighted by Gasteiger charge is 2.23. The number of amides is 1. The third-order valence-electron chi connectivity index (χ3n) is 3.37. The van der Waals surface area contributed by atoms with Crippen LogP contribution in [0.2, 0.25) is 0 Å². The zero-order chi connectivity index (χ0) is 15.2. The predicted octanol–water partition coefficient (Wildman–Crippen LogP) is -0.651. The van der Waals surface area contributed by atoms with E-state index in [0.29, 0.717) is 39.3 Å². The minimum absolute atomic E-state index is 0.106. The van der Waals surface area contributed by atoms with Crippen molar-refractivity contribution >= 4 is 5.91 Å². The van der Waals surface area contributed by atoms with Crippen LogP contribution in [0.1, 0.15) is 5.69 Å². The maximum Gasteiger partial charge on any atom is 0.250 e. The summed E-state index contributed by atoms with van der Waals surface area (Å²) in [5.41, 5.74) is 0.573. The molecule has 0 radical (unpaired) electrons. The maximum atomic E-state index is 12.2. The van der Waals surface area contributed by atoms with Crippen molar-refractivity contribution in [3.63, 3.8) is 0 Å². The molecule has 0 saturated carbocycles. The number of aromatic nitrogens is 2. The van der Waals surface area contributed by atoms with Crippen LogP contribution in [0.5, 0.6) is 0 Å². The number of carbonyl (C=O) groups excluding carboxylic acids is 1. The molecule has 1 aliphatic rings. The molecule has 7 heteroatoms.